The molecule has 148 heavy (non-hydrogen) atoms. The van der Waals surface area contributed by atoms with E-state index in [0.717, 1.165) is 38.5 Å². The number of hydrogen-bond acceptors (Lipinski definition) is 30. The molecule has 0 saturated heterocycles. The monoisotopic (exact) mass is 2210 g/mol. The summed E-state index contributed by atoms with van der Waals surface area (Å²) in [6, 6.07) is -5.01. The molecule has 40 nitrogen and oxygen atoms in total. The lowest BCUT2D eigenvalue weighted by molar-refractivity contribution is -0.226. The maximum atomic E-state index is 14.3. The molecule has 846 valence electrons. The first kappa shape index (κ1) is 133. The van der Waals surface area contributed by atoms with Gasteiger partial charge in [0.25, 0.3) is 0 Å². The fourth-order valence-corrected chi connectivity index (χ4v) is 25.3. The van der Waals surface area contributed by atoms with Crippen molar-refractivity contribution in [3.63, 3.8) is 0 Å². The van der Waals surface area contributed by atoms with Gasteiger partial charge in [-0.25, -0.2) is 0 Å². The number of rotatable bonds is 49. The number of amides is 8. The minimum Gasteiger partial charge on any atom is -0.461 e. The smallest absolute Gasteiger partial charge is 0.325 e. The zero-order chi connectivity index (χ0) is 104. The Labute approximate surface area is 910 Å². The third-order valence-electron chi connectivity index (χ3n) is 34.4. The second-order valence-electron chi connectivity index (χ2n) is 45.7. The van der Waals surface area contributed by atoms with Gasteiger partial charge in [0.2, 0.25) is 47.3 Å². The van der Waals surface area contributed by atoms with Gasteiger partial charge in [0, 0.05) is 48.6 Å². The lowest BCUT2D eigenvalue weighted by Gasteiger charge is -2.64. The first-order valence-corrected chi connectivity index (χ1v) is 52.6. The predicted molar refractivity (Wildman–Crippen MR) is 569 cm³/mol. The summed E-state index contributed by atoms with van der Waals surface area (Å²) in [6.45, 7) is 34.0. The lowest BCUT2D eigenvalue weighted by Crippen LogP contribution is -2.64. The molecule has 8 amide bonds. The van der Waals surface area contributed by atoms with Crippen LogP contribution in [0.5, 0.6) is 0 Å². The van der Waals surface area contributed by atoms with Crippen LogP contribution >= 0.6 is 74.4 Å². The molecule has 0 radical (unpaired) electrons. The molecule has 0 spiro atoms. The fraction of sp³-hybridized carbons (Fsp3) is 0.824. The molecule has 8 fully saturated rings. The molecular weight excluding hydrogens is 2040 g/mol. The predicted octanol–water partition coefficient (Wildman–Crippen LogP) is 7.55. The van der Waals surface area contributed by atoms with Crippen molar-refractivity contribution in [3.05, 3.63) is 23.8 Å². The maximum Gasteiger partial charge on any atom is 0.325 e. The Morgan fingerprint density at radius 3 is 0.892 bits per heavy atom. The number of nitrogens with two attached hydrogens (primary N) is 6. The van der Waals surface area contributed by atoms with Gasteiger partial charge in [0.15, 0.2) is 0 Å². The summed E-state index contributed by atoms with van der Waals surface area (Å²) >= 11 is 0. The van der Waals surface area contributed by atoms with Crippen LogP contribution in [0.1, 0.15) is 277 Å². The Balaban J connectivity index is 0.00000760. The van der Waals surface area contributed by atoms with Crippen molar-refractivity contribution < 1.29 is 95.5 Å². The van der Waals surface area contributed by atoms with Gasteiger partial charge in [-0.15, -0.1) is 84.6 Å². The number of aromatic nitrogens is 6. The van der Waals surface area contributed by atoms with Crippen molar-refractivity contribution in [1.82, 2.24) is 72.5 Å². The van der Waals surface area contributed by atoms with Gasteiger partial charge in [0.1, 0.15) is 87.3 Å². The number of halogens is 6. The molecule has 8 aliphatic rings. The van der Waals surface area contributed by atoms with E-state index in [-0.39, 0.29) is 232 Å². The van der Waals surface area contributed by atoms with Gasteiger partial charge in [-0.3, -0.25) is 76.5 Å². The van der Waals surface area contributed by atoms with E-state index in [4.69, 9.17) is 62.8 Å². The van der Waals surface area contributed by atoms with Crippen LogP contribution in [0.15, 0.2) is 12.4 Å². The van der Waals surface area contributed by atoms with E-state index in [9.17, 15) is 67.1 Å². The highest BCUT2D eigenvalue weighted by molar-refractivity contribution is 5.90. The molecule has 2 heterocycles. The minimum atomic E-state index is -0.852. The molecular formula is C102H176Cl6N20O20. The first-order chi connectivity index (χ1) is 66.9. The third kappa shape index (κ3) is 33.5. The number of nitrogens with zero attached hydrogens (tertiary/aromatic N) is 6. The number of fused-ring (bicyclic) bond motifs is 10. The van der Waals surface area contributed by atoms with E-state index in [2.05, 4.69) is 105 Å². The van der Waals surface area contributed by atoms with Crippen LogP contribution in [0.3, 0.4) is 0 Å². The molecule has 0 bridgehead atoms. The summed E-state index contributed by atoms with van der Waals surface area (Å²) in [5.74, 6) is -9.71. The van der Waals surface area contributed by atoms with Crippen LogP contribution < -0.4 is 76.9 Å². The first-order valence-electron chi connectivity index (χ1n) is 52.6. The van der Waals surface area contributed by atoms with E-state index in [0.29, 0.717) is 114 Å². The second kappa shape index (κ2) is 59.2. The van der Waals surface area contributed by atoms with Crippen LogP contribution in [0, 0.1) is 128 Å². The summed E-state index contributed by atoms with van der Waals surface area (Å²) in [6.07, 6.45) is 12.4. The van der Waals surface area contributed by atoms with Crippen molar-refractivity contribution in [2.45, 2.75) is 365 Å². The molecule has 10 rings (SSSR count). The van der Waals surface area contributed by atoms with Crippen molar-refractivity contribution in [2.75, 3.05) is 39.3 Å². The SMILES string of the molecule is CC(C)C(N)C(=O)NCC(=O)O[C@@H]1CC[C@@]2(C)[C@@H](C1)C[C@@H](OC(=O)CNC(=O)C(N)C(C)C)[C@@H]1[C@@H]2C[C@H](OC(=O)CNC(=O)C(N)C(C)C)[C@]2(C)[C@@H]([C@H](C)CCC(=O)NCc3cn(CCCCCCn4cc(CNC(=O)CC[C@@H](C)[C@H]5CC[C@H]6[C@@H]7[C@H](OC(=O)CNC(=O)C(N)C(C)C)C[C@@H]8C[C@H](OC(=O)CNC(=O)C(N)C(C)C)CC[C@]8(C)[C@H]7C[C@H](OC(=O)CNC(=O)C(N)C(C)C)[C@]56C)nn4)nn3)CC[C@@H]12.Cl.Cl.Cl.Cl.Cl.Cl. The molecule has 0 aromatic carbocycles. The molecule has 8 aliphatic carbocycles. The van der Waals surface area contributed by atoms with Crippen molar-refractivity contribution in [2.24, 2.45) is 163 Å². The van der Waals surface area contributed by atoms with Gasteiger partial charge in [-0.05, 0) is 221 Å². The zero-order valence-corrected chi connectivity index (χ0v) is 94.8. The van der Waals surface area contributed by atoms with Gasteiger partial charge in [-0.1, -0.05) is 148 Å². The van der Waals surface area contributed by atoms with E-state index in [1.54, 1.807) is 9.36 Å². The van der Waals surface area contributed by atoms with Gasteiger partial charge in [0.05, 0.1) is 61.7 Å². The molecule has 2 aromatic rings. The minimum absolute atomic E-state index is 0. The molecule has 20 N–H and O–H groups in total. The van der Waals surface area contributed by atoms with E-state index in [1.807, 2.05) is 95.5 Å². The van der Waals surface area contributed by atoms with Crippen LogP contribution in [-0.2, 0) is 122 Å². The number of carbonyl (C=O) groups is 14. The number of esters is 6. The molecule has 0 aliphatic heterocycles. The lowest BCUT2D eigenvalue weighted by atomic mass is 9.43. The number of unbranched alkanes of at least 4 members (excludes halogenated alkanes) is 3. The largest absolute Gasteiger partial charge is 0.461 e. The fourth-order valence-electron chi connectivity index (χ4n) is 25.3. The number of aryl methyl sites for hydroxylation is 2. The molecule has 2 aromatic heterocycles. The normalized spacial score (nSPS) is 28.6. The standard InChI is InChI=1S/C102H170N20O20.6ClH/c1-53(2)87(103)93(131)111-45-79(125)137-65-31-33-99(15)61(37-65)39-73(139-81(127)47-113-95(133)89(105)55(5)6)85-69-27-25-67(101(69,17)75(41-71(85)99)141-83(129)49-115-97(135)91(107)57(9)10)59(13)23-29-77(123)109-43-63-51-121(119-117-63)35-21-19-20-22-36-122-52-64(118-120-122)44-110-78(124)30-24-60(14)68-26-28-70-86-72(42-76(102(68,70)18)142-84(130)50-116-98(136)92(108)58(11)12)100(16)34-32-66(138-80(126)46-112-94(132)88(104)54(3)4)38-62(100)40-74(86)140-82(128)48-114-96(134)90(106)56(7)8;;;;;;/h51-62,65-76,85-92H,19-50,103-108H2,1-18H3,(H,109,123)(H,110,124)(H,111,131)(H,112,132)(H,113,133)(H,114,134)(H,115,135)(H,116,136);6*1H/t59-,60-,61+,62+,65-,66-,67-,68-,69+,70+,71+,72+,73-,74-,75+,76+,85+,86+,87?,88?,89?,90?,91?,92?,99+,100+,101-,102-;;;;;;/m1....../s1. The topological polar surface area (TPSA) is 608 Å². The second-order valence-corrected chi connectivity index (χ2v) is 45.7. The Morgan fingerprint density at radius 2 is 0.615 bits per heavy atom. The molecule has 46 heteroatoms. The Bertz CT molecular complexity index is 4420. The highest BCUT2D eigenvalue weighted by Crippen LogP contribution is 2.72. The van der Waals surface area contributed by atoms with Crippen LogP contribution in [0.4, 0.5) is 0 Å². The maximum absolute atomic E-state index is 14.3. The average molecular weight is 2220 g/mol. The van der Waals surface area contributed by atoms with Crippen LogP contribution in [-0.4, -0.2) is 225 Å². The van der Waals surface area contributed by atoms with Gasteiger partial charge in [-0.2, -0.15) is 0 Å². The number of ether oxygens (including phenoxy) is 6. The average Bonchev–Trinajstić information content (AvgIpc) is 1.49. The van der Waals surface area contributed by atoms with Gasteiger partial charge < -0.3 is 105 Å². The summed E-state index contributed by atoms with van der Waals surface area (Å²) in [5, 5.41) is 39.6. The van der Waals surface area contributed by atoms with Crippen molar-refractivity contribution in [3.8, 4) is 0 Å². The summed E-state index contributed by atoms with van der Waals surface area (Å²) < 4.78 is 42.2. The van der Waals surface area contributed by atoms with Crippen molar-refractivity contribution in [1.29, 1.82) is 0 Å². The summed E-state index contributed by atoms with van der Waals surface area (Å²) in [7, 11) is 0. The molecule has 8 saturated carbocycles. The number of nitrogens with one attached hydrogen (secondary N) is 8. The highest BCUT2D eigenvalue weighted by Gasteiger charge is 2.70. The third-order valence-corrected chi connectivity index (χ3v) is 34.4. The van der Waals surface area contributed by atoms with E-state index >= 15 is 0 Å². The van der Waals surface area contributed by atoms with Crippen LogP contribution in [0.25, 0.3) is 0 Å². The van der Waals surface area contributed by atoms with Crippen molar-refractivity contribution >= 4 is 158 Å². The summed E-state index contributed by atoms with van der Waals surface area (Å²) in [5.41, 5.74) is 35.8. The molecule has 28 atom stereocenters. The molecule has 6 unspecified atom stereocenters. The van der Waals surface area contributed by atoms with E-state index in [1.165, 1.54) is 0 Å². The Morgan fingerprint density at radius 1 is 0.345 bits per heavy atom. The Hall–Kier alpha value is -7.64. The number of hydrogen-bond donors (Lipinski definition) is 14. The zero-order valence-electron chi connectivity index (χ0n) is 89.9. The summed E-state index contributed by atoms with van der Waals surface area (Å²) in [4.78, 5) is 189. The highest BCUT2D eigenvalue weighted by atomic mass is 35.5. The Kier molecular flexibility index (Phi) is 53.0. The van der Waals surface area contributed by atoms with Crippen LogP contribution in [0.2, 0.25) is 0 Å². The quantitative estimate of drug-likeness (QED) is 0.0173. The van der Waals surface area contributed by atoms with E-state index < -0.39 is 192 Å². The van der Waals surface area contributed by atoms with Gasteiger partial charge >= 0.3 is 35.8 Å². The number of carbonyl (C=O) groups excluding carboxylic acids is 14.